The van der Waals surface area contributed by atoms with Gasteiger partial charge in [0.25, 0.3) is 0 Å². The minimum atomic E-state index is -4.09. The Balaban J connectivity index is 1.42. The molecule has 0 aromatic heterocycles. The molecule has 4 bridgehead atoms. The molecule has 142 valence electrons. The molecule has 4 fully saturated rings. The molecule has 0 amide bonds. The van der Waals surface area contributed by atoms with E-state index in [0.717, 1.165) is 19.3 Å². The third kappa shape index (κ3) is 4.07. The lowest BCUT2D eigenvalue weighted by Crippen LogP contribution is -2.50. The van der Waals surface area contributed by atoms with Gasteiger partial charge in [0.05, 0.1) is 5.41 Å². The lowest BCUT2D eigenvalue weighted by atomic mass is 9.49. The zero-order chi connectivity index (χ0) is 18.1. The van der Waals surface area contributed by atoms with Gasteiger partial charge in [-0.1, -0.05) is 0 Å². The summed E-state index contributed by atoms with van der Waals surface area (Å²) in [4.78, 5) is 23.7. The second-order valence-corrected chi connectivity index (χ2v) is 8.02. The molecule has 4 rings (SSSR count). The van der Waals surface area contributed by atoms with E-state index < -0.39 is 35.3 Å². The summed E-state index contributed by atoms with van der Waals surface area (Å²) in [5.74, 6) is -0.478. The molecular weight excluding hydrogens is 362 g/mol. The van der Waals surface area contributed by atoms with E-state index >= 15 is 0 Å². The van der Waals surface area contributed by atoms with Crippen LogP contribution in [0.25, 0.3) is 0 Å². The normalized spacial score (nSPS) is 33.3. The molecule has 25 heavy (non-hydrogen) atoms. The van der Waals surface area contributed by atoms with Gasteiger partial charge in [-0.25, -0.2) is 4.79 Å². The van der Waals surface area contributed by atoms with E-state index in [1.54, 1.807) is 0 Å². The summed E-state index contributed by atoms with van der Waals surface area (Å²) in [6, 6.07) is 0. The van der Waals surface area contributed by atoms with Crippen LogP contribution >= 0.6 is 12.0 Å². The van der Waals surface area contributed by atoms with Crippen molar-refractivity contribution in [3.05, 3.63) is 0 Å². The Morgan fingerprint density at radius 1 is 1.04 bits per heavy atom. The fraction of sp³-hybridized carbons (Fsp3) is 0.867. The quantitative estimate of drug-likeness (QED) is 0.206. The van der Waals surface area contributed by atoms with E-state index in [9.17, 15) is 23.6 Å². The molecule has 10 heteroatoms. The van der Waals surface area contributed by atoms with Crippen molar-refractivity contribution in [3.8, 4) is 0 Å². The van der Waals surface area contributed by atoms with Crippen LogP contribution in [0.1, 0.15) is 38.5 Å². The standard InChI is InChI=1S/C15H20F2O7S/c16-15(17,25-24-23-20)13(19)22-2-1-21-12(18)14-6-9-3-10(7-14)5-11(4-9)8-14/h9-11,20H,1-8H2/p-1. The van der Waals surface area contributed by atoms with Crippen molar-refractivity contribution in [1.29, 1.82) is 0 Å². The molecule has 0 unspecified atom stereocenters. The highest BCUT2D eigenvalue weighted by atomic mass is 32.2. The third-order valence-corrected chi connectivity index (χ3v) is 5.92. The number of halogens is 2. The molecule has 0 saturated heterocycles. The van der Waals surface area contributed by atoms with Crippen LogP contribution in [-0.4, -0.2) is 30.4 Å². The lowest BCUT2D eigenvalue weighted by molar-refractivity contribution is -0.777. The number of carbonyl (C=O) groups excluding carboxylic acids is 2. The topological polar surface area (TPSA) is 94.1 Å². The molecular formula is C15H19F2O7S-. The summed E-state index contributed by atoms with van der Waals surface area (Å²) in [7, 11) is 0. The SMILES string of the molecule is O=C(OCCOC(=O)C(F)(F)SOO[O-])C12CC3CC(CC(C3)C1)C2. The molecule has 4 saturated carbocycles. The molecule has 0 heterocycles. The molecule has 0 aromatic rings. The summed E-state index contributed by atoms with van der Waals surface area (Å²) in [5, 5.41) is 8.18. The van der Waals surface area contributed by atoms with E-state index in [4.69, 9.17) is 4.74 Å². The van der Waals surface area contributed by atoms with Crippen LogP contribution in [0.4, 0.5) is 8.78 Å². The molecule has 0 radical (unpaired) electrons. The summed E-state index contributed by atoms with van der Waals surface area (Å²) < 4.78 is 39.2. The van der Waals surface area contributed by atoms with E-state index in [0.29, 0.717) is 17.8 Å². The smallest absolute Gasteiger partial charge is 0.415 e. The van der Waals surface area contributed by atoms with Gasteiger partial charge in [0, 0.05) is 0 Å². The monoisotopic (exact) mass is 381 g/mol. The highest BCUT2D eigenvalue weighted by Crippen LogP contribution is 2.60. The molecule has 0 atom stereocenters. The summed E-state index contributed by atoms with van der Waals surface area (Å²) >= 11 is -0.761. The number of alkyl halides is 2. The fourth-order valence-corrected chi connectivity index (χ4v) is 5.20. The van der Waals surface area contributed by atoms with Crippen molar-refractivity contribution in [2.45, 2.75) is 43.8 Å². The summed E-state index contributed by atoms with van der Waals surface area (Å²) in [6.45, 7) is -0.780. The second kappa shape index (κ2) is 7.34. The van der Waals surface area contributed by atoms with Gasteiger partial charge in [0.15, 0.2) is 0 Å². The Labute approximate surface area is 147 Å². The van der Waals surface area contributed by atoms with Gasteiger partial charge in [0.1, 0.15) is 25.3 Å². The van der Waals surface area contributed by atoms with Crippen LogP contribution < -0.4 is 5.26 Å². The Hall–Kier alpha value is -0.970. The molecule has 4 aliphatic rings. The molecule has 0 aromatic carbocycles. The minimum Gasteiger partial charge on any atom is -0.691 e. The first-order valence-corrected chi connectivity index (χ1v) is 8.95. The first kappa shape index (κ1) is 18.8. The molecule has 0 N–H and O–H groups in total. The number of ether oxygens (including phenoxy) is 2. The largest absolute Gasteiger partial charge is 0.691 e. The number of carbonyl (C=O) groups is 2. The highest BCUT2D eigenvalue weighted by molar-refractivity contribution is 7.96. The van der Waals surface area contributed by atoms with Crippen LogP contribution in [0.15, 0.2) is 0 Å². The summed E-state index contributed by atoms with van der Waals surface area (Å²) in [5.41, 5.74) is -0.447. The van der Waals surface area contributed by atoms with Crippen molar-refractivity contribution < 1.29 is 42.5 Å². The maximum absolute atomic E-state index is 13.1. The van der Waals surface area contributed by atoms with Crippen LogP contribution in [0.2, 0.25) is 0 Å². The van der Waals surface area contributed by atoms with Crippen LogP contribution in [0, 0.1) is 23.2 Å². The maximum Gasteiger partial charge on any atom is 0.415 e. The van der Waals surface area contributed by atoms with E-state index in [2.05, 4.69) is 14.1 Å². The second-order valence-electron chi connectivity index (χ2n) is 7.21. The van der Waals surface area contributed by atoms with Gasteiger partial charge < -0.3 is 14.7 Å². The Morgan fingerprint density at radius 3 is 2.08 bits per heavy atom. The Morgan fingerprint density at radius 2 is 1.56 bits per heavy atom. The van der Waals surface area contributed by atoms with E-state index in [1.807, 2.05) is 0 Å². The van der Waals surface area contributed by atoms with Gasteiger partial charge in [-0.2, -0.15) is 13.1 Å². The molecule has 0 aliphatic heterocycles. The van der Waals surface area contributed by atoms with Crippen molar-refractivity contribution in [3.63, 3.8) is 0 Å². The molecule has 7 nitrogen and oxygen atoms in total. The van der Waals surface area contributed by atoms with Gasteiger partial charge >= 0.3 is 17.2 Å². The van der Waals surface area contributed by atoms with Crippen molar-refractivity contribution >= 4 is 24.0 Å². The van der Waals surface area contributed by atoms with Gasteiger partial charge in [-0.05, 0) is 56.3 Å². The Bertz CT molecular complexity index is 493. The van der Waals surface area contributed by atoms with Gasteiger partial charge in [-0.15, -0.1) is 0 Å². The van der Waals surface area contributed by atoms with E-state index in [-0.39, 0.29) is 12.6 Å². The average Bonchev–Trinajstić information content (AvgIpc) is 2.55. The maximum atomic E-state index is 13.1. The number of esters is 2. The first-order valence-electron chi connectivity index (χ1n) is 8.21. The van der Waals surface area contributed by atoms with Crippen molar-refractivity contribution in [2.75, 3.05) is 13.2 Å². The van der Waals surface area contributed by atoms with Crippen molar-refractivity contribution in [2.24, 2.45) is 23.2 Å². The average molecular weight is 381 g/mol. The highest BCUT2D eigenvalue weighted by Gasteiger charge is 2.55. The van der Waals surface area contributed by atoms with Crippen LogP contribution in [-0.2, 0) is 28.4 Å². The van der Waals surface area contributed by atoms with Crippen molar-refractivity contribution in [1.82, 2.24) is 0 Å². The van der Waals surface area contributed by atoms with Crippen LogP contribution in [0.3, 0.4) is 0 Å². The van der Waals surface area contributed by atoms with E-state index in [1.165, 1.54) is 19.3 Å². The van der Waals surface area contributed by atoms with Gasteiger partial charge in [-0.3, -0.25) is 9.83 Å². The molecule has 0 spiro atoms. The minimum absolute atomic E-state index is 0.286. The Kier molecular flexibility index (Phi) is 5.52. The first-order chi connectivity index (χ1) is 11.8. The predicted molar refractivity (Wildman–Crippen MR) is 77.2 cm³/mol. The predicted octanol–water partition coefficient (Wildman–Crippen LogP) is 1.75. The van der Waals surface area contributed by atoms with Gasteiger partial charge in [0.2, 0.25) is 0 Å². The number of hydrogen-bond donors (Lipinski definition) is 0. The zero-order valence-electron chi connectivity index (χ0n) is 13.4. The number of hydrogen-bond acceptors (Lipinski definition) is 8. The zero-order valence-corrected chi connectivity index (χ0v) is 14.2. The third-order valence-electron chi connectivity index (χ3n) is 5.42. The fourth-order valence-electron chi connectivity index (χ4n) is 4.96. The molecule has 4 aliphatic carbocycles. The van der Waals surface area contributed by atoms with Crippen LogP contribution in [0.5, 0.6) is 0 Å². The summed E-state index contributed by atoms with van der Waals surface area (Å²) in [6.07, 6.45) is 6.06. The lowest BCUT2D eigenvalue weighted by Gasteiger charge is -2.55. The number of rotatable bonds is 8.